The molecule has 0 aliphatic rings. The maximum Gasteiger partial charge on any atom is 0.273 e. The van der Waals surface area contributed by atoms with Gasteiger partial charge in [-0.3, -0.25) is 4.79 Å². The van der Waals surface area contributed by atoms with Crippen LogP contribution in [0, 0.1) is 0 Å². The third kappa shape index (κ3) is 3.49. The molecule has 1 rings (SSSR count). The summed E-state index contributed by atoms with van der Waals surface area (Å²) in [6.07, 6.45) is 0. The second kappa shape index (κ2) is 6.09. The molecule has 96 valence electrons. The van der Waals surface area contributed by atoms with Crippen LogP contribution in [0.1, 0.15) is 42.3 Å². The third-order valence-corrected chi connectivity index (χ3v) is 3.40. The second-order valence-electron chi connectivity index (χ2n) is 4.18. The summed E-state index contributed by atoms with van der Waals surface area (Å²) in [4.78, 5) is 17.9. The molecular formula is C11H19N3O2S. The van der Waals surface area contributed by atoms with E-state index < -0.39 is 0 Å². The molecule has 6 heteroatoms. The summed E-state index contributed by atoms with van der Waals surface area (Å²) >= 11 is 1.39. The Morgan fingerprint density at radius 2 is 2.24 bits per heavy atom. The van der Waals surface area contributed by atoms with E-state index >= 15 is 0 Å². The van der Waals surface area contributed by atoms with Crippen molar-refractivity contribution in [2.45, 2.75) is 32.9 Å². The molecule has 3 N–H and O–H groups in total. The van der Waals surface area contributed by atoms with E-state index in [1.165, 1.54) is 11.3 Å². The molecule has 1 unspecified atom stereocenters. The number of rotatable bonds is 5. The number of nitrogens with two attached hydrogens (primary N) is 1. The van der Waals surface area contributed by atoms with Crippen molar-refractivity contribution in [2.75, 3.05) is 13.2 Å². The molecule has 1 atom stereocenters. The van der Waals surface area contributed by atoms with Gasteiger partial charge in [-0.15, -0.1) is 11.3 Å². The molecule has 0 aliphatic heterocycles. The normalized spacial score (nSPS) is 12.8. The Labute approximate surface area is 105 Å². The van der Waals surface area contributed by atoms with Crippen molar-refractivity contribution in [1.82, 2.24) is 9.88 Å². The van der Waals surface area contributed by atoms with Crippen LogP contribution < -0.4 is 5.73 Å². The number of hydrogen-bond acceptors (Lipinski definition) is 5. The SMILES string of the molecule is CC(N)c1nc(C(=O)N(CCO)C(C)C)cs1. The first-order valence-electron chi connectivity index (χ1n) is 5.60. The first-order chi connectivity index (χ1) is 7.97. The quantitative estimate of drug-likeness (QED) is 0.825. The van der Waals surface area contributed by atoms with Gasteiger partial charge in [0.2, 0.25) is 0 Å². The number of carbonyl (C=O) groups excluding carboxylic acids is 1. The second-order valence-corrected chi connectivity index (χ2v) is 5.07. The Bertz CT molecular complexity index is 377. The summed E-state index contributed by atoms with van der Waals surface area (Å²) in [5, 5.41) is 11.4. The van der Waals surface area contributed by atoms with E-state index in [0.717, 1.165) is 5.01 Å². The van der Waals surface area contributed by atoms with Crippen molar-refractivity contribution in [3.63, 3.8) is 0 Å². The van der Waals surface area contributed by atoms with Gasteiger partial charge in [0.25, 0.3) is 5.91 Å². The van der Waals surface area contributed by atoms with E-state index in [4.69, 9.17) is 10.8 Å². The Morgan fingerprint density at radius 3 is 2.65 bits per heavy atom. The van der Waals surface area contributed by atoms with Crippen LogP contribution in [0.15, 0.2) is 5.38 Å². The zero-order chi connectivity index (χ0) is 13.0. The van der Waals surface area contributed by atoms with Crippen LogP contribution in [-0.4, -0.2) is 40.1 Å². The minimum atomic E-state index is -0.160. The molecule has 0 spiro atoms. The lowest BCUT2D eigenvalue weighted by molar-refractivity contribution is 0.0660. The van der Waals surface area contributed by atoms with E-state index in [1.807, 2.05) is 20.8 Å². The molecule has 0 saturated heterocycles. The molecule has 1 amide bonds. The fourth-order valence-corrected chi connectivity index (χ4v) is 2.20. The van der Waals surface area contributed by atoms with E-state index in [2.05, 4.69) is 4.98 Å². The van der Waals surface area contributed by atoms with Crippen molar-refractivity contribution >= 4 is 17.2 Å². The van der Waals surface area contributed by atoms with Gasteiger partial charge in [-0.05, 0) is 20.8 Å². The molecule has 17 heavy (non-hydrogen) atoms. The van der Waals surface area contributed by atoms with Crippen molar-refractivity contribution in [3.8, 4) is 0 Å². The Balaban J connectivity index is 2.85. The zero-order valence-corrected chi connectivity index (χ0v) is 11.2. The monoisotopic (exact) mass is 257 g/mol. The average Bonchev–Trinajstić information content (AvgIpc) is 2.73. The van der Waals surface area contributed by atoms with Gasteiger partial charge >= 0.3 is 0 Å². The molecule has 0 aromatic carbocycles. The van der Waals surface area contributed by atoms with Crippen LogP contribution in [0.5, 0.6) is 0 Å². The molecule has 1 heterocycles. The van der Waals surface area contributed by atoms with Crippen LogP contribution >= 0.6 is 11.3 Å². The number of thiazole rings is 1. The maximum atomic E-state index is 12.1. The molecule has 5 nitrogen and oxygen atoms in total. The number of hydrogen-bond donors (Lipinski definition) is 2. The van der Waals surface area contributed by atoms with Gasteiger partial charge in [0.1, 0.15) is 10.7 Å². The Hall–Kier alpha value is -0.980. The minimum Gasteiger partial charge on any atom is -0.395 e. The largest absolute Gasteiger partial charge is 0.395 e. The van der Waals surface area contributed by atoms with Gasteiger partial charge in [-0.2, -0.15) is 0 Å². The van der Waals surface area contributed by atoms with E-state index in [9.17, 15) is 4.79 Å². The molecule has 0 aliphatic carbocycles. The molecule has 1 aromatic heterocycles. The predicted octanol–water partition coefficient (Wildman–Crippen LogP) is 1.01. The summed E-state index contributed by atoms with van der Waals surface area (Å²) in [5.41, 5.74) is 6.11. The van der Waals surface area contributed by atoms with Crippen LogP contribution in [-0.2, 0) is 0 Å². The highest BCUT2D eigenvalue weighted by molar-refractivity contribution is 7.09. The predicted molar refractivity (Wildman–Crippen MR) is 68.0 cm³/mol. The summed E-state index contributed by atoms with van der Waals surface area (Å²) in [5.74, 6) is -0.155. The maximum absolute atomic E-state index is 12.1. The lowest BCUT2D eigenvalue weighted by atomic mass is 10.3. The summed E-state index contributed by atoms with van der Waals surface area (Å²) in [7, 11) is 0. The van der Waals surface area contributed by atoms with E-state index in [-0.39, 0.29) is 24.6 Å². The van der Waals surface area contributed by atoms with Gasteiger partial charge in [0.05, 0.1) is 12.6 Å². The standard InChI is InChI=1S/C11H19N3O2S/c1-7(2)14(4-5-15)11(16)9-6-17-10(13-9)8(3)12/h6-8,15H,4-5,12H2,1-3H3. The molecule has 1 aromatic rings. The zero-order valence-electron chi connectivity index (χ0n) is 10.4. The lowest BCUT2D eigenvalue weighted by Crippen LogP contribution is -2.39. The molecule has 0 saturated carbocycles. The number of aromatic nitrogens is 1. The lowest BCUT2D eigenvalue weighted by Gasteiger charge is -2.24. The van der Waals surface area contributed by atoms with Gasteiger partial charge in [0.15, 0.2) is 0 Å². The van der Waals surface area contributed by atoms with Crippen molar-refractivity contribution in [3.05, 3.63) is 16.1 Å². The average molecular weight is 257 g/mol. The Kier molecular flexibility index (Phi) is 5.04. The Morgan fingerprint density at radius 1 is 1.59 bits per heavy atom. The summed E-state index contributed by atoms with van der Waals surface area (Å²) in [6, 6.07) is -0.123. The highest BCUT2D eigenvalue weighted by Crippen LogP contribution is 2.17. The molecule has 0 bridgehead atoms. The van der Waals surface area contributed by atoms with Gasteiger partial charge in [-0.25, -0.2) is 4.98 Å². The topological polar surface area (TPSA) is 79.5 Å². The smallest absolute Gasteiger partial charge is 0.273 e. The van der Waals surface area contributed by atoms with Crippen molar-refractivity contribution in [2.24, 2.45) is 5.73 Å². The van der Waals surface area contributed by atoms with Crippen LogP contribution in [0.4, 0.5) is 0 Å². The number of aliphatic hydroxyl groups is 1. The highest BCUT2D eigenvalue weighted by Gasteiger charge is 2.21. The van der Waals surface area contributed by atoms with Crippen LogP contribution in [0.25, 0.3) is 0 Å². The summed E-state index contributed by atoms with van der Waals surface area (Å²) in [6.45, 7) is 5.93. The van der Waals surface area contributed by atoms with Crippen LogP contribution in [0.2, 0.25) is 0 Å². The summed E-state index contributed by atoms with van der Waals surface area (Å²) < 4.78 is 0. The first kappa shape index (κ1) is 14.1. The number of nitrogens with zero attached hydrogens (tertiary/aromatic N) is 2. The molecule has 0 radical (unpaired) electrons. The van der Waals surface area contributed by atoms with Crippen molar-refractivity contribution in [1.29, 1.82) is 0 Å². The molecular weight excluding hydrogens is 238 g/mol. The molecule has 0 fully saturated rings. The van der Waals surface area contributed by atoms with Gasteiger partial charge < -0.3 is 15.7 Å². The minimum absolute atomic E-state index is 0.0371. The van der Waals surface area contributed by atoms with Crippen LogP contribution in [0.3, 0.4) is 0 Å². The number of aliphatic hydroxyl groups excluding tert-OH is 1. The van der Waals surface area contributed by atoms with Gasteiger partial charge in [0, 0.05) is 18.0 Å². The van der Waals surface area contributed by atoms with E-state index in [0.29, 0.717) is 12.2 Å². The third-order valence-electron chi connectivity index (χ3n) is 2.36. The first-order valence-corrected chi connectivity index (χ1v) is 6.48. The van der Waals surface area contributed by atoms with E-state index in [1.54, 1.807) is 10.3 Å². The number of carbonyl (C=O) groups is 1. The fourth-order valence-electron chi connectivity index (χ4n) is 1.44. The van der Waals surface area contributed by atoms with Crippen molar-refractivity contribution < 1.29 is 9.90 Å². The number of amides is 1. The van der Waals surface area contributed by atoms with Gasteiger partial charge in [-0.1, -0.05) is 0 Å². The fraction of sp³-hybridized carbons (Fsp3) is 0.636. The highest BCUT2D eigenvalue weighted by atomic mass is 32.1.